The Morgan fingerprint density at radius 3 is 2.84 bits per heavy atom. The molecule has 5 nitrogen and oxygen atoms in total. The van der Waals surface area contributed by atoms with Crippen molar-refractivity contribution in [3.05, 3.63) is 24.0 Å². The van der Waals surface area contributed by atoms with Crippen LogP contribution in [0.2, 0.25) is 0 Å². The molecular weight excluding hydrogens is 271 g/mol. The minimum absolute atomic E-state index is 0.0368. The van der Waals surface area contributed by atoms with E-state index in [4.69, 9.17) is 10.8 Å². The van der Waals surface area contributed by atoms with E-state index in [1.807, 2.05) is 0 Å². The van der Waals surface area contributed by atoms with Crippen LogP contribution in [0.15, 0.2) is 23.1 Å². The second-order valence-corrected chi connectivity index (χ2v) is 6.64. The molecule has 1 aromatic carbocycles. The maximum absolute atomic E-state index is 13.0. The first-order valence-electron chi connectivity index (χ1n) is 6.11. The molecule has 0 amide bonds. The van der Waals surface area contributed by atoms with Crippen molar-refractivity contribution in [2.24, 2.45) is 5.92 Å². The third-order valence-electron chi connectivity index (χ3n) is 3.33. The normalized spacial score (nSPS) is 21.5. The van der Waals surface area contributed by atoms with Crippen molar-refractivity contribution in [3.63, 3.8) is 0 Å². The molecule has 0 aliphatic carbocycles. The average molecular weight is 288 g/mol. The molecule has 106 valence electrons. The van der Waals surface area contributed by atoms with Gasteiger partial charge < -0.3 is 10.8 Å². The number of aliphatic hydroxyl groups excluding tert-OH is 1. The molecule has 1 heterocycles. The largest absolute Gasteiger partial charge is 0.398 e. The second-order valence-electron chi connectivity index (χ2n) is 4.74. The highest BCUT2D eigenvalue weighted by atomic mass is 32.2. The first-order valence-corrected chi connectivity index (χ1v) is 7.55. The molecule has 3 N–H and O–H groups in total. The van der Waals surface area contributed by atoms with Gasteiger partial charge in [-0.05, 0) is 37.0 Å². The summed E-state index contributed by atoms with van der Waals surface area (Å²) in [5.41, 5.74) is 5.49. The highest BCUT2D eigenvalue weighted by molar-refractivity contribution is 7.89. The van der Waals surface area contributed by atoms with Crippen LogP contribution in [-0.2, 0) is 10.0 Å². The maximum Gasteiger partial charge on any atom is 0.245 e. The van der Waals surface area contributed by atoms with E-state index >= 15 is 0 Å². The molecule has 0 radical (unpaired) electrons. The van der Waals surface area contributed by atoms with Gasteiger partial charge in [-0.25, -0.2) is 12.8 Å². The van der Waals surface area contributed by atoms with Gasteiger partial charge in [0.1, 0.15) is 10.7 Å². The molecule has 0 aromatic heterocycles. The minimum atomic E-state index is -3.72. The Bertz CT molecular complexity index is 562. The van der Waals surface area contributed by atoms with Gasteiger partial charge in [-0.3, -0.25) is 0 Å². The number of halogens is 1. The van der Waals surface area contributed by atoms with E-state index in [0.717, 1.165) is 18.6 Å². The van der Waals surface area contributed by atoms with Gasteiger partial charge in [-0.1, -0.05) is 0 Å². The molecular formula is C12H17FN2O3S. The number of piperidine rings is 1. The van der Waals surface area contributed by atoms with E-state index in [1.54, 1.807) is 0 Å². The predicted molar refractivity (Wildman–Crippen MR) is 69.4 cm³/mol. The Balaban J connectivity index is 2.31. The van der Waals surface area contributed by atoms with Crippen LogP contribution in [-0.4, -0.2) is 37.5 Å². The Morgan fingerprint density at radius 1 is 1.47 bits per heavy atom. The summed E-state index contributed by atoms with van der Waals surface area (Å²) in [4.78, 5) is -0.0764. The molecule has 1 aliphatic heterocycles. The molecule has 19 heavy (non-hydrogen) atoms. The number of nitrogens with two attached hydrogens (primary N) is 1. The third kappa shape index (κ3) is 2.88. The van der Waals surface area contributed by atoms with Gasteiger partial charge in [0.05, 0.1) is 5.69 Å². The van der Waals surface area contributed by atoms with Crippen LogP contribution in [0.4, 0.5) is 10.1 Å². The molecule has 0 spiro atoms. The predicted octanol–water partition coefficient (Wildman–Crippen LogP) is 0.801. The van der Waals surface area contributed by atoms with Crippen molar-refractivity contribution in [2.45, 2.75) is 17.7 Å². The number of hydrogen-bond acceptors (Lipinski definition) is 4. The van der Waals surface area contributed by atoms with Crippen LogP contribution in [0.25, 0.3) is 0 Å². The Labute approximate surface area is 111 Å². The molecule has 0 bridgehead atoms. The SMILES string of the molecule is Nc1cc(F)ccc1S(=O)(=O)N1CCCC(CO)C1. The van der Waals surface area contributed by atoms with Gasteiger partial charge in [0.25, 0.3) is 0 Å². The summed E-state index contributed by atoms with van der Waals surface area (Å²) >= 11 is 0. The topological polar surface area (TPSA) is 83.6 Å². The van der Waals surface area contributed by atoms with Crippen molar-refractivity contribution in [2.75, 3.05) is 25.4 Å². The molecule has 1 unspecified atom stereocenters. The standard InChI is InChI=1S/C12H17FN2O3S/c13-10-3-4-12(11(14)6-10)19(17,18)15-5-1-2-9(7-15)8-16/h3-4,6,9,16H,1-2,5,7-8,14H2. The van der Waals surface area contributed by atoms with E-state index in [0.29, 0.717) is 13.0 Å². The van der Waals surface area contributed by atoms with Crippen molar-refractivity contribution in [1.29, 1.82) is 0 Å². The van der Waals surface area contributed by atoms with Gasteiger partial charge in [0, 0.05) is 19.7 Å². The number of nitrogens with zero attached hydrogens (tertiary/aromatic N) is 1. The summed E-state index contributed by atoms with van der Waals surface area (Å²) in [6.07, 6.45) is 1.51. The molecule has 1 aliphatic rings. The third-order valence-corrected chi connectivity index (χ3v) is 5.27. The fourth-order valence-corrected chi connectivity index (χ4v) is 3.94. The van der Waals surface area contributed by atoms with Crippen LogP contribution >= 0.6 is 0 Å². The van der Waals surface area contributed by atoms with Crippen molar-refractivity contribution >= 4 is 15.7 Å². The van der Waals surface area contributed by atoms with Crippen molar-refractivity contribution in [1.82, 2.24) is 4.31 Å². The Morgan fingerprint density at radius 2 is 2.21 bits per heavy atom. The highest BCUT2D eigenvalue weighted by Gasteiger charge is 2.31. The number of anilines is 1. The zero-order valence-electron chi connectivity index (χ0n) is 10.4. The summed E-state index contributed by atoms with van der Waals surface area (Å²) in [7, 11) is -3.72. The van der Waals surface area contributed by atoms with Gasteiger partial charge >= 0.3 is 0 Å². The van der Waals surface area contributed by atoms with Crippen LogP contribution in [0.3, 0.4) is 0 Å². The monoisotopic (exact) mass is 288 g/mol. The Kier molecular flexibility index (Phi) is 4.07. The molecule has 1 saturated heterocycles. The summed E-state index contributed by atoms with van der Waals surface area (Å²) in [6, 6.07) is 3.26. The number of sulfonamides is 1. The van der Waals surface area contributed by atoms with Gasteiger partial charge in [0.15, 0.2) is 0 Å². The van der Waals surface area contributed by atoms with Gasteiger partial charge in [0.2, 0.25) is 10.0 Å². The van der Waals surface area contributed by atoms with E-state index in [-0.39, 0.29) is 29.7 Å². The molecule has 0 saturated carbocycles. The fourth-order valence-electron chi connectivity index (χ4n) is 2.29. The van der Waals surface area contributed by atoms with E-state index in [1.165, 1.54) is 10.4 Å². The first kappa shape index (κ1) is 14.2. The van der Waals surface area contributed by atoms with Gasteiger partial charge in [-0.15, -0.1) is 0 Å². The zero-order chi connectivity index (χ0) is 14.0. The second kappa shape index (κ2) is 5.44. The van der Waals surface area contributed by atoms with Crippen LogP contribution < -0.4 is 5.73 Å². The number of hydrogen-bond donors (Lipinski definition) is 2. The number of rotatable bonds is 3. The number of benzene rings is 1. The summed E-state index contributed by atoms with van der Waals surface area (Å²) < 4.78 is 39.1. The van der Waals surface area contributed by atoms with Gasteiger partial charge in [-0.2, -0.15) is 4.31 Å². The average Bonchev–Trinajstić information content (AvgIpc) is 2.38. The number of nitrogen functional groups attached to an aromatic ring is 1. The highest BCUT2D eigenvalue weighted by Crippen LogP contribution is 2.27. The molecule has 1 fully saturated rings. The quantitative estimate of drug-likeness (QED) is 0.806. The molecule has 2 rings (SSSR count). The first-order chi connectivity index (χ1) is 8.95. The fraction of sp³-hybridized carbons (Fsp3) is 0.500. The lowest BCUT2D eigenvalue weighted by molar-refractivity contribution is 0.165. The summed E-state index contributed by atoms with van der Waals surface area (Å²) in [5.74, 6) is -0.617. The minimum Gasteiger partial charge on any atom is -0.398 e. The molecule has 7 heteroatoms. The van der Waals surface area contributed by atoms with E-state index in [9.17, 15) is 12.8 Å². The summed E-state index contributed by atoms with van der Waals surface area (Å²) in [5, 5.41) is 9.14. The zero-order valence-corrected chi connectivity index (χ0v) is 11.2. The van der Waals surface area contributed by atoms with Crippen LogP contribution in [0, 0.1) is 11.7 Å². The Hall–Kier alpha value is -1.18. The van der Waals surface area contributed by atoms with Crippen LogP contribution in [0.5, 0.6) is 0 Å². The number of aliphatic hydroxyl groups is 1. The van der Waals surface area contributed by atoms with E-state index in [2.05, 4.69) is 0 Å². The van der Waals surface area contributed by atoms with Crippen molar-refractivity contribution in [3.8, 4) is 0 Å². The molecule has 1 aromatic rings. The summed E-state index contributed by atoms with van der Waals surface area (Å²) in [6.45, 7) is 0.635. The van der Waals surface area contributed by atoms with E-state index < -0.39 is 15.8 Å². The lowest BCUT2D eigenvalue weighted by Crippen LogP contribution is -2.41. The van der Waals surface area contributed by atoms with Crippen molar-refractivity contribution < 1.29 is 17.9 Å². The maximum atomic E-state index is 13.0. The lowest BCUT2D eigenvalue weighted by atomic mass is 10.0. The van der Waals surface area contributed by atoms with Crippen LogP contribution in [0.1, 0.15) is 12.8 Å². The molecule has 1 atom stereocenters. The lowest BCUT2D eigenvalue weighted by Gasteiger charge is -2.31. The smallest absolute Gasteiger partial charge is 0.245 e.